The van der Waals surface area contributed by atoms with Crippen LogP contribution < -0.4 is 9.47 Å². The number of carboxylic acid groups (broad SMARTS) is 2. The molecule has 2 N–H and O–H groups in total. The van der Waals surface area contributed by atoms with Gasteiger partial charge in [-0.05, 0) is 183 Å². The molecule has 0 saturated carbocycles. The van der Waals surface area contributed by atoms with Gasteiger partial charge in [0.15, 0.2) is 0 Å². The highest BCUT2D eigenvalue weighted by Gasteiger charge is 2.32. The van der Waals surface area contributed by atoms with Crippen molar-refractivity contribution in [1.29, 1.82) is 0 Å². The number of aromatic nitrogens is 4. The molecular weight excluding hydrogens is 1220 g/mol. The Kier molecular flexibility index (Phi) is 29.3. The van der Waals surface area contributed by atoms with Gasteiger partial charge in [0.2, 0.25) is 0 Å². The minimum absolute atomic E-state index is 0. The summed E-state index contributed by atoms with van der Waals surface area (Å²) in [6.45, 7) is 18.9. The third-order valence-corrected chi connectivity index (χ3v) is 12.5. The number of hydrogen-bond acceptors (Lipinski definition) is 15. The Labute approximate surface area is 537 Å². The van der Waals surface area contributed by atoms with E-state index in [-0.39, 0.29) is 60.5 Å². The van der Waals surface area contributed by atoms with Crippen LogP contribution in [0.2, 0.25) is 10.0 Å². The molecule has 2 aromatic heterocycles. The van der Waals surface area contributed by atoms with Crippen molar-refractivity contribution in [2.75, 3.05) is 28.2 Å². The van der Waals surface area contributed by atoms with Crippen LogP contribution in [0.25, 0.3) is 22.5 Å². The summed E-state index contributed by atoms with van der Waals surface area (Å²) in [4.78, 5) is 71.7. The number of nitrogens with zero attached hydrogens (tertiary/aromatic N) is 7. The lowest BCUT2D eigenvalue weighted by Crippen LogP contribution is -2.45. The number of amides is 1. The van der Waals surface area contributed by atoms with E-state index in [2.05, 4.69) is 19.6 Å². The first kappa shape index (κ1) is 77.0. The van der Waals surface area contributed by atoms with E-state index in [0.29, 0.717) is 30.0 Å². The summed E-state index contributed by atoms with van der Waals surface area (Å²) in [7, 11) is 11.9. The molecule has 0 aliphatic rings. The summed E-state index contributed by atoms with van der Waals surface area (Å²) in [5.74, 6) is -0.895. The van der Waals surface area contributed by atoms with Crippen LogP contribution >= 0.6 is 50.2 Å². The molecule has 4 aromatic carbocycles. The van der Waals surface area contributed by atoms with Crippen LogP contribution in [0.3, 0.4) is 0 Å². The van der Waals surface area contributed by atoms with Gasteiger partial charge in [-0.1, -0.05) is 30.1 Å². The zero-order chi connectivity index (χ0) is 64.8. The minimum Gasteiger partial charge on any atom is -0.481 e. The molecule has 0 radical (unpaired) electrons. The van der Waals surface area contributed by atoms with Crippen molar-refractivity contribution >= 4 is 80.5 Å². The molecule has 0 unspecified atom stereocenters. The van der Waals surface area contributed by atoms with Gasteiger partial charge in [-0.15, -0.1) is 0 Å². The number of aliphatic carboxylic acids is 2. The van der Waals surface area contributed by atoms with Gasteiger partial charge in [0.25, 0.3) is 0 Å². The zero-order valence-corrected chi connectivity index (χ0v) is 56.3. The minimum atomic E-state index is -1.29. The van der Waals surface area contributed by atoms with Crippen LogP contribution in [0.15, 0.2) is 85.2 Å². The summed E-state index contributed by atoms with van der Waals surface area (Å²) >= 11 is 12.2. The second-order valence-corrected chi connectivity index (χ2v) is 24.5. The first-order valence-electron chi connectivity index (χ1n) is 27.2. The Morgan fingerprint density at radius 1 is 0.580 bits per heavy atom. The molecule has 0 fully saturated rings. The fourth-order valence-electron chi connectivity index (χ4n) is 7.75. The van der Waals surface area contributed by atoms with E-state index >= 15 is 4.39 Å². The summed E-state index contributed by atoms with van der Waals surface area (Å²) < 4.78 is 64.9. The average molecular weight is 1310 g/mol. The molecule has 2 atom stereocenters. The molecule has 0 saturated heterocycles. The highest BCUT2D eigenvalue weighted by molar-refractivity contribution is 7.59. The lowest BCUT2D eigenvalue weighted by molar-refractivity contribution is -0.143. The number of carboxylic acids is 2. The number of benzene rings is 4. The largest absolute Gasteiger partial charge is 0.519 e. The highest BCUT2D eigenvalue weighted by atomic mass is 35.5. The number of hydrogen-bond donors (Lipinski definition) is 2. The van der Waals surface area contributed by atoms with Crippen LogP contribution in [0, 0.1) is 17.6 Å². The molecule has 6 aromatic rings. The van der Waals surface area contributed by atoms with E-state index in [1.165, 1.54) is 19.1 Å². The second-order valence-electron chi connectivity index (χ2n) is 23.6. The smallest absolute Gasteiger partial charge is 0.481 e. The number of carbonyl (C=O) groups is 5. The van der Waals surface area contributed by atoms with E-state index in [0.717, 1.165) is 51.7 Å². The number of rotatable bonds is 18. The molecule has 88 heavy (non-hydrogen) atoms. The van der Waals surface area contributed by atoms with Gasteiger partial charge in [0.1, 0.15) is 69.1 Å². The maximum absolute atomic E-state index is 15.2. The molecule has 484 valence electrons. The molecule has 0 aliphatic heterocycles. The number of imidazole rings is 2. The van der Waals surface area contributed by atoms with Crippen LogP contribution in [0.4, 0.5) is 23.2 Å². The highest BCUT2D eigenvalue weighted by Crippen LogP contribution is 2.36. The lowest BCUT2D eigenvalue weighted by atomic mass is 10.00. The molecule has 2 heterocycles. The van der Waals surface area contributed by atoms with Crippen molar-refractivity contribution < 1.29 is 71.4 Å². The third-order valence-electron chi connectivity index (χ3n) is 12.1. The van der Waals surface area contributed by atoms with E-state index in [1.54, 1.807) is 106 Å². The Bertz CT molecular complexity index is 3280. The predicted molar refractivity (Wildman–Crippen MR) is 343 cm³/mol. The Morgan fingerprint density at radius 2 is 0.955 bits per heavy atom. The van der Waals surface area contributed by atoms with Gasteiger partial charge in [-0.25, -0.2) is 37.9 Å². The molecule has 0 bridgehead atoms. The van der Waals surface area contributed by atoms with Crippen molar-refractivity contribution in [3.8, 4) is 45.5 Å². The maximum atomic E-state index is 15.2. The third kappa shape index (κ3) is 24.8. The van der Waals surface area contributed by atoms with E-state index < -0.39 is 77.3 Å². The van der Waals surface area contributed by atoms with Crippen molar-refractivity contribution in [1.82, 2.24) is 33.8 Å². The standard InChI is InChI=1S/C28H34ClFN4O5.C24H27ClFN3O3.C10H18O5.2H2S/c1-17(26(35)36)34(27(37)39-28(2,3)4)15-21-22(30)12-19(29)13-24(21)38-20-10-8-18(9-11-20)23-14-31-25(33(23)7)16-32(5)6;1-15(24(30)31)5-10-19-20(26)11-17(25)12-22(19)32-18-8-6-16(7-9-18)21-13-27-23(29(21)4)14-28(2)3;1-9(2,3)14-7(11)13-8(12)15-10(4,5)6;;/h8-14,17H,15-16H2,1-7H3,(H,35,36);6-9,11-13,15H,5,10,14H2,1-4H3,(H,30,31);1-6H3;2*1H2/t17-;15-;;;/m01.../s1. The van der Waals surface area contributed by atoms with Crippen molar-refractivity contribution in [3.05, 3.63) is 130 Å². The van der Waals surface area contributed by atoms with Gasteiger partial charge in [-0.3, -0.25) is 9.69 Å². The Morgan fingerprint density at radius 3 is 1.31 bits per heavy atom. The summed E-state index contributed by atoms with van der Waals surface area (Å²) in [6.07, 6.45) is 1.14. The van der Waals surface area contributed by atoms with E-state index in [1.807, 2.05) is 86.8 Å². The van der Waals surface area contributed by atoms with Crippen LogP contribution in [-0.4, -0.2) is 125 Å². The first-order valence-corrected chi connectivity index (χ1v) is 28.0. The molecule has 20 nitrogen and oxygen atoms in total. The number of ether oxygens (including phenoxy) is 6. The molecule has 1 amide bonds. The summed E-state index contributed by atoms with van der Waals surface area (Å²) in [6, 6.07) is 18.6. The number of carbonyl (C=O) groups excluding carboxylic acids is 3. The maximum Gasteiger partial charge on any atom is 0.519 e. The van der Waals surface area contributed by atoms with Crippen LogP contribution in [-0.2, 0) is 68.7 Å². The van der Waals surface area contributed by atoms with Gasteiger partial charge >= 0.3 is 30.3 Å². The quantitative estimate of drug-likeness (QED) is 0.0463. The van der Waals surface area contributed by atoms with Crippen molar-refractivity contribution in [2.45, 2.75) is 131 Å². The average Bonchev–Trinajstić information content (AvgIpc) is 3.04. The fraction of sp³-hybridized carbons (Fsp3) is 0.435. The predicted octanol–water partition coefficient (Wildman–Crippen LogP) is 14.4. The van der Waals surface area contributed by atoms with Gasteiger partial charge < -0.3 is 57.6 Å². The Hall–Kier alpha value is -7.09. The molecule has 6 rings (SSSR count). The SMILES string of the molecule is CC(C)(C)OC(=O)OC(=O)OC(C)(C)C.C[C@@H](C(=O)O)N(Cc1c(F)cc(Cl)cc1Oc1ccc(-c2cnc(CN(C)C)n2C)cc1)C(=O)OC(C)(C)C.C[C@H](CCc1c(F)cc(Cl)cc1Oc1ccc(-c2cnc(CN(C)C)n2C)cc1)C(=O)O.S.S. The Balaban J connectivity index is 0.000000485. The summed E-state index contributed by atoms with van der Waals surface area (Å²) in [5, 5.41) is 19.0. The van der Waals surface area contributed by atoms with E-state index in [4.69, 9.17) is 52.0 Å². The topological polar surface area (TPSA) is 227 Å². The van der Waals surface area contributed by atoms with E-state index in [9.17, 15) is 33.5 Å². The molecule has 0 spiro atoms. The summed E-state index contributed by atoms with van der Waals surface area (Å²) in [5.41, 5.74) is 1.78. The molecule has 0 aliphatic carbocycles. The molecule has 26 heteroatoms. The van der Waals surface area contributed by atoms with Crippen molar-refractivity contribution in [3.63, 3.8) is 0 Å². The first-order chi connectivity index (χ1) is 39.8. The van der Waals surface area contributed by atoms with Crippen molar-refractivity contribution in [2.24, 2.45) is 20.0 Å². The fourth-order valence-corrected chi connectivity index (χ4v) is 8.14. The van der Waals surface area contributed by atoms with Crippen LogP contribution in [0.5, 0.6) is 23.0 Å². The zero-order valence-electron chi connectivity index (χ0n) is 52.8. The van der Waals surface area contributed by atoms with Gasteiger partial charge in [0.05, 0.1) is 54.9 Å². The number of halogens is 4. The van der Waals surface area contributed by atoms with Crippen LogP contribution in [0.1, 0.15) is 105 Å². The van der Waals surface area contributed by atoms with Gasteiger partial charge in [0, 0.05) is 40.8 Å². The lowest BCUT2D eigenvalue weighted by Gasteiger charge is -2.30. The van der Waals surface area contributed by atoms with Gasteiger partial charge in [-0.2, -0.15) is 27.0 Å². The molecular formula is C62H83Cl2F2N7O13S2. The normalized spacial score (nSPS) is 11.9. The second kappa shape index (κ2) is 33.5. The monoisotopic (exact) mass is 1310 g/mol.